The van der Waals surface area contributed by atoms with E-state index in [0.717, 1.165) is 17.0 Å². The van der Waals surface area contributed by atoms with Gasteiger partial charge in [-0.15, -0.1) is 0 Å². The predicted octanol–water partition coefficient (Wildman–Crippen LogP) is 2.18. The Hall–Kier alpha value is -3.22. The summed E-state index contributed by atoms with van der Waals surface area (Å²) >= 11 is 0. The van der Waals surface area contributed by atoms with E-state index < -0.39 is 0 Å². The maximum Gasteiger partial charge on any atom is 0.269 e. The number of hydrogen-bond acceptors (Lipinski definition) is 6. The predicted molar refractivity (Wildman–Crippen MR) is 88.0 cm³/mol. The molecule has 0 radical (unpaired) electrons. The van der Waals surface area contributed by atoms with Gasteiger partial charge in [0, 0.05) is 36.5 Å². The summed E-state index contributed by atoms with van der Waals surface area (Å²) in [5.41, 5.74) is 3.59. The second-order valence-electron chi connectivity index (χ2n) is 5.61. The fraction of sp³-hybridized carbons (Fsp3) is 0.176. The monoisotopic (exact) mass is 321 g/mol. The third-order valence-corrected chi connectivity index (χ3v) is 4.13. The zero-order valence-corrected chi connectivity index (χ0v) is 13.1. The van der Waals surface area contributed by atoms with Crippen LogP contribution in [0, 0.1) is 6.92 Å². The van der Waals surface area contributed by atoms with E-state index >= 15 is 0 Å². The Morgan fingerprint density at radius 3 is 3.00 bits per heavy atom. The van der Waals surface area contributed by atoms with Crippen molar-refractivity contribution in [2.75, 3.05) is 4.90 Å². The number of ether oxygens (including phenoxy) is 1. The van der Waals surface area contributed by atoms with Crippen molar-refractivity contribution in [2.45, 2.75) is 20.0 Å². The van der Waals surface area contributed by atoms with E-state index in [1.807, 2.05) is 12.1 Å². The molecule has 0 amide bonds. The summed E-state index contributed by atoms with van der Waals surface area (Å²) in [5.74, 6) is 1.27. The molecule has 1 aliphatic rings. The lowest BCUT2D eigenvalue weighted by Crippen LogP contribution is -2.21. The van der Waals surface area contributed by atoms with Crippen LogP contribution in [-0.2, 0) is 13.1 Å². The average molecular weight is 321 g/mol. The highest BCUT2D eigenvalue weighted by Crippen LogP contribution is 2.35. The molecule has 7 nitrogen and oxygen atoms in total. The highest BCUT2D eigenvalue weighted by Gasteiger charge is 2.24. The summed E-state index contributed by atoms with van der Waals surface area (Å²) in [7, 11) is 0. The van der Waals surface area contributed by atoms with Crippen molar-refractivity contribution in [3.05, 3.63) is 70.0 Å². The number of anilines is 1. The average Bonchev–Trinajstić information content (AvgIpc) is 3.03. The molecular formula is C17H15N5O2. The van der Waals surface area contributed by atoms with Gasteiger partial charge in [0.1, 0.15) is 12.1 Å². The summed E-state index contributed by atoms with van der Waals surface area (Å²) in [4.78, 5) is 21.9. The SMILES string of the molecule is Cc1c(N2Cc3cccc(Oc4ccncn4)c3C2)cn[nH]c1=O. The number of hydrogen-bond donors (Lipinski definition) is 1. The summed E-state index contributed by atoms with van der Waals surface area (Å²) < 4.78 is 5.90. The van der Waals surface area contributed by atoms with Gasteiger partial charge in [0.2, 0.25) is 5.88 Å². The molecule has 1 aliphatic heterocycles. The van der Waals surface area contributed by atoms with Crippen LogP contribution < -0.4 is 15.2 Å². The molecule has 2 aromatic heterocycles. The molecule has 24 heavy (non-hydrogen) atoms. The quantitative estimate of drug-likeness (QED) is 0.796. The molecule has 1 aromatic carbocycles. The molecule has 0 spiro atoms. The van der Waals surface area contributed by atoms with Crippen molar-refractivity contribution in [3.63, 3.8) is 0 Å². The zero-order valence-electron chi connectivity index (χ0n) is 13.1. The van der Waals surface area contributed by atoms with Gasteiger partial charge in [-0.2, -0.15) is 5.10 Å². The summed E-state index contributed by atoms with van der Waals surface area (Å²) in [6.45, 7) is 3.17. The number of aromatic nitrogens is 4. The molecule has 0 saturated carbocycles. The van der Waals surface area contributed by atoms with E-state index in [2.05, 4.69) is 31.1 Å². The maximum absolute atomic E-state index is 11.8. The number of aromatic amines is 1. The van der Waals surface area contributed by atoms with E-state index in [1.54, 1.807) is 25.4 Å². The minimum Gasteiger partial charge on any atom is -0.439 e. The van der Waals surface area contributed by atoms with Gasteiger partial charge in [-0.3, -0.25) is 4.79 Å². The highest BCUT2D eigenvalue weighted by atomic mass is 16.5. The maximum atomic E-state index is 11.8. The van der Waals surface area contributed by atoms with Crippen LogP contribution in [0.3, 0.4) is 0 Å². The molecule has 3 aromatic rings. The second-order valence-corrected chi connectivity index (χ2v) is 5.61. The van der Waals surface area contributed by atoms with Crippen LogP contribution in [-0.4, -0.2) is 20.2 Å². The van der Waals surface area contributed by atoms with Crippen LogP contribution in [0.2, 0.25) is 0 Å². The summed E-state index contributed by atoms with van der Waals surface area (Å²) in [6, 6.07) is 7.67. The fourth-order valence-corrected chi connectivity index (χ4v) is 2.88. The van der Waals surface area contributed by atoms with E-state index in [1.165, 1.54) is 11.9 Å². The molecule has 0 saturated heterocycles. The molecule has 0 atom stereocenters. The Bertz CT molecular complexity index is 939. The Morgan fingerprint density at radius 1 is 1.25 bits per heavy atom. The van der Waals surface area contributed by atoms with Crippen LogP contribution in [0.1, 0.15) is 16.7 Å². The van der Waals surface area contributed by atoms with Gasteiger partial charge >= 0.3 is 0 Å². The van der Waals surface area contributed by atoms with Crippen molar-refractivity contribution < 1.29 is 4.74 Å². The molecule has 0 aliphatic carbocycles. The largest absolute Gasteiger partial charge is 0.439 e. The normalized spacial score (nSPS) is 13.0. The molecule has 7 heteroatoms. The number of nitrogens with one attached hydrogen (secondary N) is 1. The molecule has 120 valence electrons. The van der Waals surface area contributed by atoms with Crippen LogP contribution in [0.15, 0.2) is 47.8 Å². The second kappa shape index (κ2) is 5.77. The summed E-state index contributed by atoms with van der Waals surface area (Å²) in [6.07, 6.45) is 4.78. The van der Waals surface area contributed by atoms with Gasteiger partial charge in [0.05, 0.1) is 11.9 Å². The molecule has 0 fully saturated rings. The van der Waals surface area contributed by atoms with Crippen molar-refractivity contribution in [3.8, 4) is 11.6 Å². The van der Waals surface area contributed by atoms with E-state index in [9.17, 15) is 4.79 Å². The fourth-order valence-electron chi connectivity index (χ4n) is 2.88. The van der Waals surface area contributed by atoms with Gasteiger partial charge in [0.25, 0.3) is 5.56 Å². The molecule has 3 heterocycles. The number of fused-ring (bicyclic) bond motifs is 1. The number of rotatable bonds is 3. The van der Waals surface area contributed by atoms with E-state index in [0.29, 0.717) is 24.5 Å². The molecular weight excluding hydrogens is 306 g/mol. The molecule has 0 unspecified atom stereocenters. The van der Waals surface area contributed by atoms with Gasteiger partial charge in [-0.25, -0.2) is 15.1 Å². The van der Waals surface area contributed by atoms with Crippen molar-refractivity contribution in [2.24, 2.45) is 0 Å². The number of nitrogens with zero attached hydrogens (tertiary/aromatic N) is 4. The van der Waals surface area contributed by atoms with E-state index in [-0.39, 0.29) is 5.56 Å². The first-order chi connectivity index (χ1) is 11.7. The first kappa shape index (κ1) is 14.4. The zero-order chi connectivity index (χ0) is 16.5. The Labute approximate surface area is 138 Å². The topological polar surface area (TPSA) is 84.0 Å². The molecule has 0 bridgehead atoms. The van der Waals surface area contributed by atoms with Crippen molar-refractivity contribution in [1.29, 1.82) is 0 Å². The van der Waals surface area contributed by atoms with Gasteiger partial charge < -0.3 is 9.64 Å². The minimum absolute atomic E-state index is 0.166. The summed E-state index contributed by atoms with van der Waals surface area (Å²) in [5, 5.41) is 6.37. The van der Waals surface area contributed by atoms with Crippen molar-refractivity contribution in [1.82, 2.24) is 20.2 Å². The number of benzene rings is 1. The lowest BCUT2D eigenvalue weighted by Gasteiger charge is -2.18. The lowest BCUT2D eigenvalue weighted by atomic mass is 10.1. The smallest absolute Gasteiger partial charge is 0.269 e. The van der Waals surface area contributed by atoms with Crippen LogP contribution in [0.5, 0.6) is 11.6 Å². The third-order valence-electron chi connectivity index (χ3n) is 4.13. The van der Waals surface area contributed by atoms with Crippen molar-refractivity contribution >= 4 is 5.69 Å². The minimum atomic E-state index is -0.166. The molecule has 4 rings (SSSR count). The Morgan fingerprint density at radius 2 is 2.17 bits per heavy atom. The van der Waals surface area contributed by atoms with E-state index in [4.69, 9.17) is 4.74 Å². The van der Waals surface area contributed by atoms with Gasteiger partial charge in [-0.1, -0.05) is 12.1 Å². The van der Waals surface area contributed by atoms with Gasteiger partial charge in [-0.05, 0) is 18.6 Å². The standard InChI is InChI=1S/C17H15N5O2/c1-11-14(7-20-21-17(11)23)22-8-12-3-2-4-15(13(12)9-22)24-16-5-6-18-10-19-16/h2-7,10H,8-9H2,1H3,(H,21,23). The van der Waals surface area contributed by atoms with Gasteiger partial charge in [0.15, 0.2) is 0 Å². The Balaban J connectivity index is 1.66. The lowest BCUT2D eigenvalue weighted by molar-refractivity contribution is 0.456. The van der Waals surface area contributed by atoms with Crippen LogP contribution >= 0.6 is 0 Å². The Kier molecular flexibility index (Phi) is 3.45. The first-order valence-electron chi connectivity index (χ1n) is 7.56. The third kappa shape index (κ3) is 2.50. The molecule has 1 N–H and O–H groups in total. The first-order valence-corrected chi connectivity index (χ1v) is 7.56. The number of H-pyrrole nitrogens is 1. The van der Waals surface area contributed by atoms with Crippen LogP contribution in [0.25, 0.3) is 0 Å². The van der Waals surface area contributed by atoms with Crippen LogP contribution in [0.4, 0.5) is 5.69 Å². The highest BCUT2D eigenvalue weighted by molar-refractivity contribution is 5.57.